The Hall–Kier alpha value is -2.83. The number of nitrogens with zero attached hydrogens (tertiary/aromatic N) is 3. The normalized spacial score (nSPS) is 16.1. The van der Waals surface area contributed by atoms with Crippen LogP contribution >= 0.6 is 0 Å². The van der Waals surface area contributed by atoms with Crippen molar-refractivity contribution in [3.63, 3.8) is 0 Å². The zero-order valence-corrected chi connectivity index (χ0v) is 46.0. The van der Waals surface area contributed by atoms with Crippen molar-refractivity contribution in [3.8, 4) is 0 Å². The number of carbonyl (C=O) groups is 3. The van der Waals surface area contributed by atoms with E-state index in [9.17, 15) is 14.4 Å². The van der Waals surface area contributed by atoms with E-state index in [1.165, 1.54) is 70.6 Å². The number of hydrogen-bond donors (Lipinski definition) is 1. The molecule has 1 fully saturated rings. The molecule has 0 radical (unpaired) electrons. The van der Waals surface area contributed by atoms with E-state index in [2.05, 4.69) is 86.1 Å². The first-order valence-electron chi connectivity index (χ1n) is 27.9. The number of likely N-dealkylation sites (N-methyl/N-ethyl adjacent to an activating group) is 2. The average Bonchev–Trinajstić information content (AvgIpc) is 3.75. The Labute approximate surface area is 424 Å². The van der Waals surface area contributed by atoms with E-state index in [-0.39, 0.29) is 36.6 Å². The maximum atomic E-state index is 13.3. The topological polar surface area (TPSA) is 124 Å². The highest BCUT2D eigenvalue weighted by molar-refractivity contribution is 5.85. The molecular formula is C58H108N4O7. The Bertz CT molecular complexity index is 1300. The number of likely N-dealkylation sites (tertiary alicyclic amines) is 1. The Morgan fingerprint density at radius 1 is 0.565 bits per heavy atom. The Balaban J connectivity index is 0.00000244. The first-order valence-corrected chi connectivity index (χ1v) is 27.9. The highest BCUT2D eigenvalue weighted by atomic mass is 16.6. The van der Waals surface area contributed by atoms with Crippen molar-refractivity contribution in [1.82, 2.24) is 14.7 Å². The zero-order valence-electron chi connectivity index (χ0n) is 46.0. The summed E-state index contributed by atoms with van der Waals surface area (Å²) in [4.78, 5) is 44.7. The SMILES string of the molecule is CC(OCCN(C)C)C(C)OCCN(C)C.CCCCC/C=C\C/C=C\CCCCCCCCOC(=O)C1CC(OC(=O)CCCCN)CN1C(=O)CCCCCCC/C=C\C/C=C\CCCCC. The van der Waals surface area contributed by atoms with Crippen LogP contribution in [0.4, 0.5) is 0 Å². The van der Waals surface area contributed by atoms with Crippen LogP contribution in [0.2, 0.25) is 0 Å². The fourth-order valence-corrected chi connectivity index (χ4v) is 7.74. The lowest BCUT2D eigenvalue weighted by Gasteiger charge is -2.23. The molecule has 1 saturated heterocycles. The van der Waals surface area contributed by atoms with Crippen LogP contribution < -0.4 is 5.73 Å². The van der Waals surface area contributed by atoms with Crippen LogP contribution in [-0.4, -0.2) is 131 Å². The van der Waals surface area contributed by atoms with E-state index >= 15 is 0 Å². The van der Waals surface area contributed by atoms with Gasteiger partial charge in [-0.25, -0.2) is 4.79 Å². The molecule has 1 aliphatic rings. The van der Waals surface area contributed by atoms with Crippen molar-refractivity contribution >= 4 is 17.8 Å². The van der Waals surface area contributed by atoms with Gasteiger partial charge in [-0.3, -0.25) is 9.59 Å². The Morgan fingerprint density at radius 3 is 1.46 bits per heavy atom. The molecule has 0 spiro atoms. The van der Waals surface area contributed by atoms with Crippen LogP contribution in [0, 0.1) is 0 Å². The Morgan fingerprint density at radius 2 is 1.00 bits per heavy atom. The first-order chi connectivity index (χ1) is 33.5. The van der Waals surface area contributed by atoms with Crippen molar-refractivity contribution in [3.05, 3.63) is 48.6 Å². The van der Waals surface area contributed by atoms with Crippen molar-refractivity contribution in [2.45, 2.75) is 232 Å². The summed E-state index contributed by atoms with van der Waals surface area (Å²) >= 11 is 0. The Kier molecular flexibility index (Phi) is 46.8. The molecule has 1 aliphatic heterocycles. The number of unbranched alkanes of at least 4 members (excludes halogenated alkanes) is 18. The van der Waals surface area contributed by atoms with Gasteiger partial charge in [-0.15, -0.1) is 0 Å². The van der Waals surface area contributed by atoms with Gasteiger partial charge >= 0.3 is 11.9 Å². The van der Waals surface area contributed by atoms with Crippen molar-refractivity contribution < 1.29 is 33.3 Å². The van der Waals surface area contributed by atoms with Gasteiger partial charge in [0.25, 0.3) is 0 Å². The summed E-state index contributed by atoms with van der Waals surface area (Å²) in [7, 11) is 8.19. The average molecular weight is 974 g/mol. The molecule has 0 bridgehead atoms. The van der Waals surface area contributed by atoms with Crippen LogP contribution in [0.5, 0.6) is 0 Å². The summed E-state index contributed by atoms with van der Waals surface area (Å²) in [5.74, 6) is -0.712. The number of allylic oxidation sites excluding steroid dienone is 8. The van der Waals surface area contributed by atoms with Crippen molar-refractivity contribution in [2.24, 2.45) is 5.73 Å². The minimum Gasteiger partial charge on any atom is -0.464 e. The summed E-state index contributed by atoms with van der Waals surface area (Å²) in [6.45, 7) is 13.2. The fourth-order valence-electron chi connectivity index (χ4n) is 7.74. The highest BCUT2D eigenvalue weighted by Crippen LogP contribution is 2.25. The van der Waals surface area contributed by atoms with E-state index in [0.29, 0.717) is 38.8 Å². The van der Waals surface area contributed by atoms with Gasteiger partial charge in [0.2, 0.25) is 5.91 Å². The first kappa shape index (κ1) is 66.2. The number of nitrogens with two attached hydrogens (primary N) is 1. The summed E-state index contributed by atoms with van der Waals surface area (Å²) in [6.07, 6.45) is 46.8. The van der Waals surface area contributed by atoms with E-state index in [1.807, 2.05) is 28.2 Å². The molecule has 11 nitrogen and oxygen atoms in total. The summed E-state index contributed by atoms with van der Waals surface area (Å²) in [5.41, 5.74) is 5.56. The highest BCUT2D eigenvalue weighted by Gasteiger charge is 2.42. The molecule has 4 unspecified atom stereocenters. The number of amides is 1. The van der Waals surface area contributed by atoms with E-state index in [4.69, 9.17) is 24.7 Å². The molecule has 11 heteroatoms. The van der Waals surface area contributed by atoms with Gasteiger partial charge in [-0.05, 0) is 138 Å². The standard InChI is InChI=1S/C46H80N2O5.C12H28N2O2/c1-3-5-7-9-11-13-15-17-19-21-23-25-27-29-31-35-39-52-46(51)43-40-42(53-45(50)37-33-34-38-47)41-48(43)44(49)36-32-30-28-26-24-22-20-18-16-14-12-10-8-6-4-2;1-11(15-9-7-13(3)4)12(2)16-10-8-14(5)6/h11-14,17-20,42-43H,3-10,15-16,21-41,47H2,1-2H3;11-12H,7-10H2,1-6H3/b13-11-,14-12-,19-17-,20-18-;. The number of esters is 2. The second kappa shape index (κ2) is 48.8. The maximum Gasteiger partial charge on any atom is 0.329 e. The molecule has 1 rings (SSSR count). The van der Waals surface area contributed by atoms with Gasteiger partial charge in [0.1, 0.15) is 12.1 Å². The molecule has 4 atom stereocenters. The van der Waals surface area contributed by atoms with Crippen LogP contribution in [0.15, 0.2) is 48.6 Å². The molecule has 1 amide bonds. The van der Waals surface area contributed by atoms with Crippen molar-refractivity contribution in [2.75, 3.05) is 74.2 Å². The molecule has 402 valence electrons. The van der Waals surface area contributed by atoms with Gasteiger partial charge in [0, 0.05) is 32.4 Å². The fraction of sp³-hybridized carbons (Fsp3) is 0.810. The summed E-state index contributed by atoms with van der Waals surface area (Å²) in [5, 5.41) is 0. The van der Waals surface area contributed by atoms with Crippen LogP contribution in [-0.2, 0) is 33.3 Å². The third-order valence-electron chi connectivity index (χ3n) is 12.4. The quantitative estimate of drug-likeness (QED) is 0.0358. The molecule has 69 heavy (non-hydrogen) atoms. The van der Waals surface area contributed by atoms with Crippen LogP contribution in [0.3, 0.4) is 0 Å². The maximum absolute atomic E-state index is 13.3. The monoisotopic (exact) mass is 973 g/mol. The summed E-state index contributed by atoms with van der Waals surface area (Å²) < 4.78 is 22.8. The molecule has 1 heterocycles. The largest absolute Gasteiger partial charge is 0.464 e. The lowest BCUT2D eigenvalue weighted by atomic mass is 10.1. The third kappa shape index (κ3) is 42.6. The molecule has 0 aromatic rings. The van der Waals surface area contributed by atoms with Gasteiger partial charge in [0.05, 0.1) is 38.6 Å². The lowest BCUT2D eigenvalue weighted by molar-refractivity contribution is -0.153. The number of carbonyl (C=O) groups excluding carboxylic acids is 3. The minimum atomic E-state index is -0.688. The molecular weight excluding hydrogens is 865 g/mol. The van der Waals surface area contributed by atoms with E-state index in [1.54, 1.807) is 4.90 Å². The van der Waals surface area contributed by atoms with Crippen LogP contribution in [0.25, 0.3) is 0 Å². The van der Waals surface area contributed by atoms with Gasteiger partial charge in [0.15, 0.2) is 0 Å². The molecule has 0 aliphatic carbocycles. The predicted octanol–water partition coefficient (Wildman–Crippen LogP) is 12.7. The van der Waals surface area contributed by atoms with E-state index in [0.717, 1.165) is 110 Å². The van der Waals surface area contributed by atoms with Gasteiger partial charge in [-0.1, -0.05) is 133 Å². The molecule has 0 aromatic heterocycles. The number of ether oxygens (including phenoxy) is 4. The second-order valence-electron chi connectivity index (χ2n) is 19.6. The molecule has 0 saturated carbocycles. The van der Waals surface area contributed by atoms with Crippen molar-refractivity contribution in [1.29, 1.82) is 0 Å². The van der Waals surface area contributed by atoms with Gasteiger partial charge < -0.3 is 39.4 Å². The smallest absolute Gasteiger partial charge is 0.329 e. The molecule has 2 N–H and O–H groups in total. The second-order valence-corrected chi connectivity index (χ2v) is 19.6. The van der Waals surface area contributed by atoms with Gasteiger partial charge in [-0.2, -0.15) is 0 Å². The van der Waals surface area contributed by atoms with Crippen LogP contribution in [0.1, 0.15) is 207 Å². The van der Waals surface area contributed by atoms with E-state index < -0.39 is 12.1 Å². The minimum absolute atomic E-state index is 0.0481. The summed E-state index contributed by atoms with van der Waals surface area (Å²) in [6, 6.07) is -0.688. The molecule has 0 aromatic carbocycles. The zero-order chi connectivity index (χ0) is 51.0. The lowest BCUT2D eigenvalue weighted by Crippen LogP contribution is -2.41. The number of rotatable bonds is 44. The predicted molar refractivity (Wildman–Crippen MR) is 291 cm³/mol. The third-order valence-corrected chi connectivity index (χ3v) is 12.4. The number of hydrogen-bond acceptors (Lipinski definition) is 10.